The van der Waals surface area contributed by atoms with E-state index in [0.29, 0.717) is 12.5 Å². The first-order valence-corrected chi connectivity index (χ1v) is 8.26. The van der Waals surface area contributed by atoms with Crippen LogP contribution in [0, 0.1) is 0 Å². The quantitative estimate of drug-likeness (QED) is 0.557. The Balaban J connectivity index is 2.08. The molecule has 0 unspecified atom stereocenters. The standard InChI is InChI=1S/C16H18ClN5O3/c1-21-13-12(14(24)20-16(21)25)22(9-11(23)7-17)15(19-13)18-8-10-5-3-2-4-6-10/h2-6,11,23H,7-9H2,1H3,(H,18,19)(H,20,24,25)/t11-/m0/s1. The number of aliphatic hydroxyl groups is 1. The number of nitrogens with one attached hydrogen (secondary N) is 2. The number of aromatic nitrogens is 4. The second kappa shape index (κ2) is 7.12. The molecule has 0 radical (unpaired) electrons. The van der Waals surface area contributed by atoms with Crippen LogP contribution in [0.4, 0.5) is 5.95 Å². The van der Waals surface area contributed by atoms with E-state index in [1.54, 1.807) is 4.57 Å². The molecule has 3 aromatic rings. The highest BCUT2D eigenvalue weighted by molar-refractivity contribution is 6.18. The maximum absolute atomic E-state index is 12.3. The summed E-state index contributed by atoms with van der Waals surface area (Å²) in [4.78, 5) is 30.7. The summed E-state index contributed by atoms with van der Waals surface area (Å²) in [6, 6.07) is 9.68. The van der Waals surface area contributed by atoms with Crippen LogP contribution >= 0.6 is 11.6 Å². The third kappa shape index (κ3) is 3.45. The van der Waals surface area contributed by atoms with Gasteiger partial charge in [-0.05, 0) is 5.56 Å². The minimum absolute atomic E-state index is 0.0153. The van der Waals surface area contributed by atoms with Gasteiger partial charge in [-0.15, -0.1) is 11.6 Å². The van der Waals surface area contributed by atoms with Gasteiger partial charge in [0.2, 0.25) is 5.95 Å². The molecule has 0 aliphatic rings. The van der Waals surface area contributed by atoms with Crippen molar-refractivity contribution in [2.75, 3.05) is 11.2 Å². The summed E-state index contributed by atoms with van der Waals surface area (Å²) in [6.07, 6.45) is -0.854. The lowest BCUT2D eigenvalue weighted by molar-refractivity contribution is 0.179. The van der Waals surface area contributed by atoms with Gasteiger partial charge in [-0.2, -0.15) is 4.98 Å². The van der Waals surface area contributed by atoms with E-state index in [-0.39, 0.29) is 23.6 Å². The Morgan fingerprint density at radius 3 is 2.72 bits per heavy atom. The first kappa shape index (κ1) is 17.2. The molecule has 2 heterocycles. The van der Waals surface area contributed by atoms with Gasteiger partial charge >= 0.3 is 5.69 Å². The number of fused-ring (bicyclic) bond motifs is 1. The lowest BCUT2D eigenvalue weighted by Gasteiger charge is -2.13. The summed E-state index contributed by atoms with van der Waals surface area (Å²) in [5.74, 6) is 0.399. The third-order valence-corrected chi connectivity index (χ3v) is 4.23. The minimum atomic E-state index is -0.854. The van der Waals surface area contributed by atoms with Crippen LogP contribution < -0.4 is 16.6 Å². The van der Waals surface area contributed by atoms with Crippen molar-refractivity contribution in [1.82, 2.24) is 19.1 Å². The van der Waals surface area contributed by atoms with Crippen LogP contribution in [-0.2, 0) is 20.1 Å². The average Bonchev–Trinajstić information content (AvgIpc) is 2.97. The Morgan fingerprint density at radius 2 is 2.04 bits per heavy atom. The van der Waals surface area contributed by atoms with E-state index in [2.05, 4.69) is 15.3 Å². The molecule has 3 N–H and O–H groups in total. The fourth-order valence-electron chi connectivity index (χ4n) is 2.58. The number of hydrogen-bond donors (Lipinski definition) is 3. The molecular formula is C16H18ClN5O3. The lowest BCUT2D eigenvalue weighted by atomic mass is 10.2. The first-order chi connectivity index (χ1) is 12.0. The van der Waals surface area contributed by atoms with E-state index in [1.807, 2.05) is 30.3 Å². The van der Waals surface area contributed by atoms with Crippen LogP contribution in [0.25, 0.3) is 11.2 Å². The lowest BCUT2D eigenvalue weighted by Crippen LogP contribution is -2.30. The monoisotopic (exact) mass is 363 g/mol. The van der Waals surface area contributed by atoms with E-state index in [9.17, 15) is 14.7 Å². The molecule has 3 rings (SSSR count). The van der Waals surface area contributed by atoms with E-state index in [4.69, 9.17) is 11.6 Å². The molecular weight excluding hydrogens is 346 g/mol. The van der Waals surface area contributed by atoms with E-state index in [1.165, 1.54) is 11.6 Å². The van der Waals surface area contributed by atoms with Gasteiger partial charge in [-0.25, -0.2) is 4.79 Å². The Labute approximate surface area is 147 Å². The zero-order valence-corrected chi connectivity index (χ0v) is 14.3. The number of imidazole rings is 1. The fourth-order valence-corrected chi connectivity index (χ4v) is 2.68. The second-order valence-electron chi connectivity index (χ2n) is 5.68. The van der Waals surface area contributed by atoms with Crippen LogP contribution in [-0.4, -0.2) is 36.2 Å². The molecule has 0 amide bonds. The smallest absolute Gasteiger partial charge is 0.329 e. The van der Waals surface area contributed by atoms with E-state index in [0.717, 1.165) is 5.56 Å². The highest BCUT2D eigenvalue weighted by Crippen LogP contribution is 2.17. The topological polar surface area (TPSA) is 105 Å². The summed E-state index contributed by atoms with van der Waals surface area (Å²) in [6.45, 7) is 0.561. The molecule has 132 valence electrons. The first-order valence-electron chi connectivity index (χ1n) is 7.72. The maximum atomic E-state index is 12.3. The predicted octanol–water partition coefficient (Wildman–Crippen LogP) is 0.635. The van der Waals surface area contributed by atoms with Crippen molar-refractivity contribution in [2.24, 2.45) is 7.05 Å². The number of halogens is 1. The number of alkyl halides is 1. The highest BCUT2D eigenvalue weighted by atomic mass is 35.5. The van der Waals surface area contributed by atoms with Crippen LogP contribution in [0.15, 0.2) is 39.9 Å². The van der Waals surface area contributed by atoms with Crippen LogP contribution in [0.3, 0.4) is 0 Å². The molecule has 0 bridgehead atoms. The van der Waals surface area contributed by atoms with E-state index >= 15 is 0 Å². The SMILES string of the molecule is Cn1c(=O)[nH]c(=O)c2c1nc(NCc1ccccc1)n2C[C@@H](O)CCl. The molecule has 0 aliphatic heterocycles. The molecule has 8 nitrogen and oxygen atoms in total. The van der Waals surface area contributed by atoms with Crippen LogP contribution in [0.1, 0.15) is 5.56 Å². The zero-order chi connectivity index (χ0) is 18.0. The van der Waals surface area contributed by atoms with Crippen molar-refractivity contribution in [3.05, 3.63) is 56.7 Å². The maximum Gasteiger partial charge on any atom is 0.329 e. The Hall–Kier alpha value is -2.58. The van der Waals surface area contributed by atoms with Gasteiger partial charge in [0, 0.05) is 13.6 Å². The normalized spacial score (nSPS) is 12.4. The molecule has 0 spiro atoms. The van der Waals surface area contributed by atoms with Crippen LogP contribution in [0.5, 0.6) is 0 Å². The van der Waals surface area contributed by atoms with Crippen molar-refractivity contribution in [3.8, 4) is 0 Å². The van der Waals surface area contributed by atoms with Gasteiger partial charge in [0.05, 0.1) is 18.5 Å². The zero-order valence-electron chi connectivity index (χ0n) is 13.6. The summed E-state index contributed by atoms with van der Waals surface area (Å²) < 4.78 is 2.80. The van der Waals surface area contributed by atoms with Crippen LogP contribution in [0.2, 0.25) is 0 Å². The molecule has 0 fully saturated rings. The number of nitrogens with zero attached hydrogens (tertiary/aromatic N) is 3. The van der Waals surface area contributed by atoms with Crippen molar-refractivity contribution in [2.45, 2.75) is 19.2 Å². The van der Waals surface area contributed by atoms with Crippen molar-refractivity contribution < 1.29 is 5.11 Å². The van der Waals surface area contributed by atoms with Gasteiger partial charge in [0.15, 0.2) is 11.2 Å². The molecule has 2 aromatic heterocycles. The van der Waals surface area contributed by atoms with Crippen molar-refractivity contribution >= 4 is 28.7 Å². The number of rotatable bonds is 6. The molecule has 9 heteroatoms. The molecule has 0 saturated carbocycles. The number of H-pyrrole nitrogens is 1. The highest BCUT2D eigenvalue weighted by Gasteiger charge is 2.19. The van der Waals surface area contributed by atoms with Gasteiger partial charge in [0.25, 0.3) is 5.56 Å². The number of aliphatic hydroxyl groups excluding tert-OH is 1. The molecule has 1 aromatic carbocycles. The number of aryl methyl sites for hydroxylation is 1. The second-order valence-corrected chi connectivity index (χ2v) is 5.99. The number of anilines is 1. The van der Waals surface area contributed by atoms with Crippen molar-refractivity contribution in [1.29, 1.82) is 0 Å². The van der Waals surface area contributed by atoms with Gasteiger partial charge < -0.3 is 15.0 Å². The molecule has 0 aliphatic carbocycles. The molecule has 0 saturated heterocycles. The number of aromatic amines is 1. The fraction of sp³-hybridized carbons (Fsp3) is 0.312. The van der Waals surface area contributed by atoms with Gasteiger partial charge in [-0.1, -0.05) is 30.3 Å². The molecule has 1 atom stereocenters. The summed E-state index contributed by atoms with van der Waals surface area (Å²) in [5, 5.41) is 13.1. The number of hydrogen-bond acceptors (Lipinski definition) is 5. The number of benzene rings is 1. The summed E-state index contributed by atoms with van der Waals surface area (Å²) in [7, 11) is 1.52. The Bertz CT molecular complexity index is 993. The van der Waals surface area contributed by atoms with Crippen molar-refractivity contribution in [3.63, 3.8) is 0 Å². The summed E-state index contributed by atoms with van der Waals surface area (Å²) in [5.41, 5.74) is 0.379. The van der Waals surface area contributed by atoms with Gasteiger partial charge in [-0.3, -0.25) is 14.3 Å². The summed E-state index contributed by atoms with van der Waals surface area (Å²) >= 11 is 5.70. The Kier molecular flexibility index (Phi) is 4.91. The van der Waals surface area contributed by atoms with Gasteiger partial charge in [0.1, 0.15) is 0 Å². The predicted molar refractivity (Wildman–Crippen MR) is 96.1 cm³/mol. The minimum Gasteiger partial charge on any atom is -0.390 e. The average molecular weight is 364 g/mol. The molecule has 25 heavy (non-hydrogen) atoms. The third-order valence-electron chi connectivity index (χ3n) is 3.87. The van der Waals surface area contributed by atoms with E-state index < -0.39 is 17.4 Å². The Morgan fingerprint density at radius 1 is 1.32 bits per heavy atom. The largest absolute Gasteiger partial charge is 0.390 e.